The van der Waals surface area contributed by atoms with E-state index in [9.17, 15) is 14.7 Å². The number of amides is 1. The predicted molar refractivity (Wildman–Crippen MR) is 69.7 cm³/mol. The van der Waals surface area contributed by atoms with Gasteiger partial charge in [-0.1, -0.05) is 0 Å². The second-order valence-corrected chi connectivity index (χ2v) is 6.01. The van der Waals surface area contributed by atoms with Crippen LogP contribution in [-0.2, 0) is 14.3 Å². The largest absolute Gasteiger partial charge is 0.480 e. The molecule has 1 amide bonds. The highest BCUT2D eigenvalue weighted by Crippen LogP contribution is 2.39. The number of aliphatic carboxylic acids is 1. The van der Waals surface area contributed by atoms with E-state index in [0.29, 0.717) is 12.8 Å². The van der Waals surface area contributed by atoms with Crippen molar-refractivity contribution in [2.45, 2.75) is 70.1 Å². The molecule has 19 heavy (non-hydrogen) atoms. The van der Waals surface area contributed by atoms with Gasteiger partial charge in [0.1, 0.15) is 5.54 Å². The molecule has 0 unspecified atom stereocenters. The molecule has 0 aromatic heterocycles. The highest BCUT2D eigenvalue weighted by atomic mass is 16.5. The summed E-state index contributed by atoms with van der Waals surface area (Å²) in [7, 11) is 0. The number of nitrogens with one attached hydrogen (secondary N) is 1. The van der Waals surface area contributed by atoms with Crippen molar-refractivity contribution >= 4 is 11.9 Å². The Kier molecular flexibility index (Phi) is 4.13. The molecule has 5 nitrogen and oxygen atoms in total. The van der Waals surface area contributed by atoms with Crippen molar-refractivity contribution in [3.63, 3.8) is 0 Å². The van der Waals surface area contributed by atoms with Crippen molar-refractivity contribution in [1.82, 2.24) is 5.32 Å². The van der Waals surface area contributed by atoms with Crippen LogP contribution in [0.1, 0.15) is 52.4 Å². The van der Waals surface area contributed by atoms with Gasteiger partial charge in [-0.3, -0.25) is 4.79 Å². The summed E-state index contributed by atoms with van der Waals surface area (Å²) < 4.78 is 5.65. The van der Waals surface area contributed by atoms with Crippen LogP contribution < -0.4 is 5.32 Å². The molecule has 108 valence electrons. The Balaban J connectivity index is 1.78. The molecular weight excluding hydrogens is 246 g/mol. The van der Waals surface area contributed by atoms with Crippen LogP contribution >= 0.6 is 0 Å². The van der Waals surface area contributed by atoms with Gasteiger partial charge >= 0.3 is 5.97 Å². The van der Waals surface area contributed by atoms with E-state index in [-0.39, 0.29) is 24.0 Å². The van der Waals surface area contributed by atoms with Gasteiger partial charge in [-0.2, -0.15) is 0 Å². The first-order valence-electron chi connectivity index (χ1n) is 7.11. The zero-order valence-corrected chi connectivity index (χ0v) is 11.6. The molecule has 1 aliphatic heterocycles. The molecule has 5 heteroatoms. The molecular formula is C14H23NO4. The van der Waals surface area contributed by atoms with E-state index in [0.717, 1.165) is 25.7 Å². The van der Waals surface area contributed by atoms with E-state index in [2.05, 4.69) is 5.32 Å². The van der Waals surface area contributed by atoms with Crippen LogP contribution in [0.25, 0.3) is 0 Å². The molecule has 1 saturated carbocycles. The Hall–Kier alpha value is -1.10. The lowest BCUT2D eigenvalue weighted by atomic mass is 9.95. The maximum absolute atomic E-state index is 11.9. The number of ether oxygens (including phenoxy) is 1. The predicted octanol–water partition coefficient (Wildman–Crippen LogP) is 1.70. The average Bonchev–Trinajstić information content (AvgIpc) is 3.11. The lowest BCUT2D eigenvalue weighted by Gasteiger charge is -2.26. The third-order valence-corrected chi connectivity index (χ3v) is 4.25. The van der Waals surface area contributed by atoms with Crippen molar-refractivity contribution < 1.29 is 19.4 Å². The Morgan fingerprint density at radius 3 is 2.47 bits per heavy atom. The first-order valence-corrected chi connectivity index (χ1v) is 7.11. The van der Waals surface area contributed by atoms with Crippen molar-refractivity contribution in [2.24, 2.45) is 5.92 Å². The van der Waals surface area contributed by atoms with Crippen molar-refractivity contribution in [2.75, 3.05) is 0 Å². The van der Waals surface area contributed by atoms with Crippen LogP contribution in [0.2, 0.25) is 0 Å². The summed E-state index contributed by atoms with van der Waals surface area (Å²) in [6, 6.07) is 0. The number of carbonyl (C=O) groups excluding carboxylic acids is 1. The smallest absolute Gasteiger partial charge is 0.329 e. The van der Waals surface area contributed by atoms with Crippen LogP contribution in [0.4, 0.5) is 0 Å². The van der Waals surface area contributed by atoms with Crippen LogP contribution in [0.3, 0.4) is 0 Å². The van der Waals surface area contributed by atoms with Gasteiger partial charge in [0.05, 0.1) is 12.2 Å². The van der Waals surface area contributed by atoms with Crippen LogP contribution in [0.5, 0.6) is 0 Å². The van der Waals surface area contributed by atoms with E-state index < -0.39 is 11.5 Å². The molecule has 0 bridgehead atoms. The fraction of sp³-hybridized carbons (Fsp3) is 0.857. The van der Waals surface area contributed by atoms with E-state index in [1.165, 1.54) is 0 Å². The number of hydrogen-bond donors (Lipinski definition) is 2. The zero-order valence-electron chi connectivity index (χ0n) is 11.6. The Bertz CT molecular complexity index is 366. The molecule has 2 N–H and O–H groups in total. The zero-order chi connectivity index (χ0) is 14.0. The standard InChI is InChI=1S/C14H23NO4/c1-9-3-6-11(19-9)7-8-12(16)15-14(2,13(17)18)10-4-5-10/h9-11H,3-8H2,1-2H3,(H,15,16)(H,17,18)/t9-,11+,14+/m1/s1. The van der Waals surface area contributed by atoms with Crippen LogP contribution in [0, 0.1) is 5.92 Å². The fourth-order valence-electron chi connectivity index (χ4n) is 2.73. The Morgan fingerprint density at radius 1 is 1.32 bits per heavy atom. The fourth-order valence-corrected chi connectivity index (χ4v) is 2.73. The second kappa shape index (κ2) is 5.49. The summed E-state index contributed by atoms with van der Waals surface area (Å²) in [5, 5.41) is 12.0. The summed E-state index contributed by atoms with van der Waals surface area (Å²) >= 11 is 0. The van der Waals surface area contributed by atoms with E-state index >= 15 is 0 Å². The number of carbonyl (C=O) groups is 2. The number of hydrogen-bond acceptors (Lipinski definition) is 3. The maximum Gasteiger partial charge on any atom is 0.329 e. The molecule has 0 spiro atoms. The topological polar surface area (TPSA) is 75.6 Å². The summed E-state index contributed by atoms with van der Waals surface area (Å²) in [6.45, 7) is 3.65. The van der Waals surface area contributed by atoms with Crippen molar-refractivity contribution in [3.8, 4) is 0 Å². The minimum Gasteiger partial charge on any atom is -0.480 e. The minimum atomic E-state index is -1.10. The van der Waals surface area contributed by atoms with E-state index in [4.69, 9.17) is 4.74 Å². The van der Waals surface area contributed by atoms with Crippen LogP contribution in [-0.4, -0.2) is 34.7 Å². The van der Waals surface area contributed by atoms with Gasteiger partial charge in [0.15, 0.2) is 0 Å². The SMILES string of the molecule is C[C@@H]1CC[C@@H](CCC(=O)N[C@](C)(C(=O)O)C2CC2)O1. The van der Waals surface area contributed by atoms with E-state index in [1.54, 1.807) is 6.92 Å². The molecule has 1 heterocycles. The summed E-state index contributed by atoms with van der Waals surface area (Å²) in [5.74, 6) is -1.04. The lowest BCUT2D eigenvalue weighted by Crippen LogP contribution is -2.54. The first kappa shape index (κ1) is 14.3. The third kappa shape index (κ3) is 3.47. The third-order valence-electron chi connectivity index (χ3n) is 4.25. The monoisotopic (exact) mass is 269 g/mol. The molecule has 0 radical (unpaired) electrons. The molecule has 2 rings (SSSR count). The summed E-state index contributed by atoms with van der Waals surface area (Å²) in [4.78, 5) is 23.2. The molecule has 1 saturated heterocycles. The molecule has 0 aromatic carbocycles. The first-order chi connectivity index (χ1) is 8.91. The average molecular weight is 269 g/mol. The van der Waals surface area contributed by atoms with Gasteiger partial charge in [-0.25, -0.2) is 4.79 Å². The van der Waals surface area contributed by atoms with Crippen molar-refractivity contribution in [3.05, 3.63) is 0 Å². The van der Waals surface area contributed by atoms with Gasteiger partial charge in [0.25, 0.3) is 0 Å². The van der Waals surface area contributed by atoms with Crippen LogP contribution in [0.15, 0.2) is 0 Å². The second-order valence-electron chi connectivity index (χ2n) is 6.01. The number of rotatable bonds is 6. The van der Waals surface area contributed by atoms with Crippen molar-refractivity contribution in [1.29, 1.82) is 0 Å². The molecule has 0 aromatic rings. The van der Waals surface area contributed by atoms with Gasteiger partial charge in [0.2, 0.25) is 5.91 Å². The highest BCUT2D eigenvalue weighted by molar-refractivity contribution is 5.87. The Labute approximate surface area is 113 Å². The summed E-state index contributed by atoms with van der Waals surface area (Å²) in [5.41, 5.74) is -1.10. The normalized spacial score (nSPS) is 29.8. The lowest BCUT2D eigenvalue weighted by molar-refractivity contribution is -0.148. The molecule has 1 aliphatic carbocycles. The van der Waals surface area contributed by atoms with E-state index in [1.807, 2.05) is 6.92 Å². The van der Waals surface area contributed by atoms with Gasteiger partial charge in [-0.15, -0.1) is 0 Å². The molecule has 2 aliphatic rings. The highest BCUT2D eigenvalue weighted by Gasteiger charge is 2.48. The van der Waals surface area contributed by atoms with Gasteiger partial charge in [0, 0.05) is 6.42 Å². The Morgan fingerprint density at radius 2 is 2.00 bits per heavy atom. The van der Waals surface area contributed by atoms with Gasteiger partial charge < -0.3 is 15.2 Å². The molecule has 2 fully saturated rings. The number of carboxylic acids is 1. The quantitative estimate of drug-likeness (QED) is 0.769. The van der Waals surface area contributed by atoms with Gasteiger partial charge in [-0.05, 0) is 51.9 Å². The number of carboxylic acid groups (broad SMARTS) is 1. The maximum atomic E-state index is 11.9. The minimum absolute atomic E-state index is 0.0803. The summed E-state index contributed by atoms with van der Waals surface area (Å²) in [6.07, 6.45) is 5.25. The molecule has 3 atom stereocenters.